The van der Waals surface area contributed by atoms with Gasteiger partial charge in [0.25, 0.3) is 0 Å². The number of Topliss-reactive ketones (excluding diaryl/α,β-unsaturated/α-hetero) is 1. The Kier molecular flexibility index (Phi) is 3.10. The number of thiazole rings is 1. The number of benzene rings is 1. The lowest BCUT2D eigenvalue weighted by Gasteiger charge is -1.99. The molecule has 0 N–H and O–H groups in total. The minimum absolute atomic E-state index is 0.0339. The Morgan fingerprint density at radius 1 is 1.38 bits per heavy atom. The number of carbonyl (C=O) groups is 1. The highest BCUT2D eigenvalue weighted by atomic mass is 32.1. The van der Waals surface area contributed by atoms with E-state index < -0.39 is 0 Å². The van der Waals surface area contributed by atoms with Gasteiger partial charge in [0, 0.05) is 6.42 Å². The van der Waals surface area contributed by atoms with E-state index in [0.29, 0.717) is 11.3 Å². The topological polar surface area (TPSA) is 30.0 Å². The van der Waals surface area contributed by atoms with E-state index in [1.165, 1.54) is 23.5 Å². The summed E-state index contributed by atoms with van der Waals surface area (Å²) in [6.07, 6.45) is 0.295. The maximum Gasteiger partial charge on any atom is 0.179 e. The zero-order chi connectivity index (χ0) is 11.5. The van der Waals surface area contributed by atoms with E-state index >= 15 is 0 Å². The second-order valence-corrected chi connectivity index (χ2v) is 4.35. The van der Waals surface area contributed by atoms with Crippen LogP contribution in [-0.2, 0) is 6.42 Å². The van der Waals surface area contributed by atoms with Gasteiger partial charge in [-0.2, -0.15) is 0 Å². The lowest BCUT2D eigenvalue weighted by atomic mass is 10.1. The molecule has 0 aliphatic heterocycles. The van der Waals surface area contributed by atoms with E-state index in [-0.39, 0.29) is 11.6 Å². The first kappa shape index (κ1) is 11.0. The van der Waals surface area contributed by atoms with Crippen molar-refractivity contribution in [3.05, 3.63) is 51.7 Å². The first-order valence-corrected chi connectivity index (χ1v) is 5.72. The molecule has 0 spiro atoms. The molecule has 0 unspecified atom stereocenters. The van der Waals surface area contributed by atoms with E-state index in [9.17, 15) is 9.18 Å². The van der Waals surface area contributed by atoms with Crippen LogP contribution in [0, 0.1) is 12.7 Å². The molecule has 0 aliphatic carbocycles. The fourth-order valence-corrected chi connectivity index (χ4v) is 2.18. The molecular formula is C12H10FNOS. The third-order valence-electron chi connectivity index (χ3n) is 2.28. The highest BCUT2D eigenvalue weighted by molar-refractivity contribution is 7.11. The molecule has 0 fully saturated rings. The van der Waals surface area contributed by atoms with E-state index in [4.69, 9.17) is 0 Å². The summed E-state index contributed by atoms with van der Waals surface area (Å²) >= 11 is 1.35. The number of aromatic nitrogens is 1. The van der Waals surface area contributed by atoms with Gasteiger partial charge < -0.3 is 0 Å². The molecular weight excluding hydrogens is 225 g/mol. The Morgan fingerprint density at radius 2 is 2.06 bits per heavy atom. The maximum absolute atomic E-state index is 12.7. The Morgan fingerprint density at radius 3 is 2.62 bits per heavy atom. The predicted octanol–water partition coefficient (Wildman–Crippen LogP) is 3.02. The fraction of sp³-hybridized carbons (Fsp3) is 0.167. The van der Waals surface area contributed by atoms with Gasteiger partial charge >= 0.3 is 0 Å². The number of ketones is 1. The van der Waals surface area contributed by atoms with Crippen molar-refractivity contribution in [2.24, 2.45) is 0 Å². The van der Waals surface area contributed by atoms with Gasteiger partial charge in [0.2, 0.25) is 0 Å². The fourth-order valence-electron chi connectivity index (χ4n) is 1.44. The van der Waals surface area contributed by atoms with Crippen LogP contribution in [0.3, 0.4) is 0 Å². The molecule has 16 heavy (non-hydrogen) atoms. The van der Waals surface area contributed by atoms with Crippen LogP contribution in [0.1, 0.15) is 20.9 Å². The third-order valence-corrected chi connectivity index (χ3v) is 3.25. The molecule has 0 aliphatic rings. The largest absolute Gasteiger partial charge is 0.293 e. The van der Waals surface area contributed by atoms with Crippen molar-refractivity contribution in [3.8, 4) is 0 Å². The van der Waals surface area contributed by atoms with Crippen molar-refractivity contribution >= 4 is 17.1 Å². The number of hydrogen-bond acceptors (Lipinski definition) is 3. The van der Waals surface area contributed by atoms with Gasteiger partial charge in [-0.3, -0.25) is 4.79 Å². The van der Waals surface area contributed by atoms with E-state index in [0.717, 1.165) is 11.3 Å². The van der Waals surface area contributed by atoms with Crippen molar-refractivity contribution in [2.45, 2.75) is 13.3 Å². The number of aryl methyl sites for hydroxylation is 1. The van der Waals surface area contributed by atoms with Crippen molar-refractivity contribution in [2.75, 3.05) is 0 Å². The Hall–Kier alpha value is -1.55. The molecule has 1 aromatic carbocycles. The SMILES string of the molecule is Cc1ncsc1C(=O)Cc1ccc(F)cc1. The van der Waals surface area contributed by atoms with Gasteiger partial charge in [-0.15, -0.1) is 11.3 Å². The van der Waals surface area contributed by atoms with Gasteiger partial charge in [0.1, 0.15) is 5.82 Å². The smallest absolute Gasteiger partial charge is 0.179 e. The lowest BCUT2D eigenvalue weighted by Crippen LogP contribution is -2.03. The number of rotatable bonds is 3. The summed E-state index contributed by atoms with van der Waals surface area (Å²) < 4.78 is 12.7. The van der Waals surface area contributed by atoms with Crippen LogP contribution in [0.2, 0.25) is 0 Å². The van der Waals surface area contributed by atoms with Gasteiger partial charge in [0.05, 0.1) is 16.1 Å². The van der Waals surface area contributed by atoms with Gasteiger partial charge in [-0.25, -0.2) is 9.37 Å². The van der Waals surface area contributed by atoms with Gasteiger partial charge in [-0.1, -0.05) is 12.1 Å². The summed E-state index contributed by atoms with van der Waals surface area (Å²) in [5.41, 5.74) is 3.24. The molecule has 0 radical (unpaired) electrons. The number of carbonyl (C=O) groups excluding carboxylic acids is 1. The maximum atomic E-state index is 12.7. The molecule has 2 nitrogen and oxygen atoms in total. The van der Waals surface area contributed by atoms with Crippen molar-refractivity contribution in [1.29, 1.82) is 0 Å². The molecule has 0 amide bonds. The van der Waals surface area contributed by atoms with Gasteiger partial charge in [-0.05, 0) is 24.6 Å². The number of nitrogens with zero attached hydrogens (tertiary/aromatic N) is 1. The van der Waals surface area contributed by atoms with Crippen molar-refractivity contribution in [1.82, 2.24) is 4.98 Å². The van der Waals surface area contributed by atoms with Crippen LogP contribution in [0.4, 0.5) is 4.39 Å². The van der Waals surface area contributed by atoms with Crippen LogP contribution < -0.4 is 0 Å². The van der Waals surface area contributed by atoms with Crippen LogP contribution in [0.15, 0.2) is 29.8 Å². The average Bonchev–Trinajstić information content (AvgIpc) is 2.68. The second-order valence-electron chi connectivity index (χ2n) is 3.49. The number of halogens is 1. The Labute approximate surface area is 96.8 Å². The molecule has 0 saturated heterocycles. The zero-order valence-electron chi connectivity index (χ0n) is 8.74. The highest BCUT2D eigenvalue weighted by Gasteiger charge is 2.12. The summed E-state index contributed by atoms with van der Waals surface area (Å²) in [6, 6.07) is 5.98. The molecule has 0 bridgehead atoms. The Bertz CT molecular complexity index is 504. The molecule has 2 aromatic rings. The summed E-state index contributed by atoms with van der Waals surface area (Å²) in [7, 11) is 0. The first-order valence-electron chi connectivity index (χ1n) is 4.84. The molecule has 1 heterocycles. The third kappa shape index (κ3) is 2.33. The van der Waals surface area contributed by atoms with E-state index in [2.05, 4.69) is 4.98 Å². The quantitative estimate of drug-likeness (QED) is 0.765. The summed E-state index contributed by atoms with van der Waals surface area (Å²) in [5, 5.41) is 0. The first-order chi connectivity index (χ1) is 7.66. The molecule has 4 heteroatoms. The van der Waals surface area contributed by atoms with Crippen LogP contribution in [0.25, 0.3) is 0 Å². The highest BCUT2D eigenvalue weighted by Crippen LogP contribution is 2.15. The molecule has 0 saturated carbocycles. The van der Waals surface area contributed by atoms with Crippen LogP contribution in [-0.4, -0.2) is 10.8 Å². The van der Waals surface area contributed by atoms with Gasteiger partial charge in [0.15, 0.2) is 5.78 Å². The summed E-state index contributed by atoms with van der Waals surface area (Å²) in [6.45, 7) is 1.81. The number of hydrogen-bond donors (Lipinski definition) is 0. The van der Waals surface area contributed by atoms with E-state index in [1.807, 2.05) is 6.92 Å². The standard InChI is InChI=1S/C12H10FNOS/c1-8-12(16-7-14-8)11(15)6-9-2-4-10(13)5-3-9/h2-5,7H,6H2,1H3. The zero-order valence-corrected chi connectivity index (χ0v) is 9.55. The summed E-state index contributed by atoms with van der Waals surface area (Å²) in [4.78, 5) is 16.6. The molecule has 82 valence electrons. The van der Waals surface area contributed by atoms with Crippen molar-refractivity contribution in [3.63, 3.8) is 0 Å². The molecule has 1 aromatic heterocycles. The van der Waals surface area contributed by atoms with Crippen molar-refractivity contribution < 1.29 is 9.18 Å². The lowest BCUT2D eigenvalue weighted by molar-refractivity contribution is 0.0996. The predicted molar refractivity (Wildman–Crippen MR) is 61.3 cm³/mol. The minimum atomic E-state index is -0.287. The van der Waals surface area contributed by atoms with E-state index in [1.54, 1.807) is 17.6 Å². The van der Waals surface area contributed by atoms with Crippen LogP contribution >= 0.6 is 11.3 Å². The molecule has 0 atom stereocenters. The average molecular weight is 235 g/mol. The Balaban J connectivity index is 2.14. The molecule has 2 rings (SSSR count). The normalized spacial score (nSPS) is 10.4. The minimum Gasteiger partial charge on any atom is -0.293 e. The summed E-state index contributed by atoms with van der Waals surface area (Å²) in [5.74, 6) is -0.253. The monoisotopic (exact) mass is 235 g/mol. The van der Waals surface area contributed by atoms with Crippen LogP contribution in [0.5, 0.6) is 0 Å². The second kappa shape index (κ2) is 4.53.